The van der Waals surface area contributed by atoms with Crippen LogP contribution in [0, 0.1) is 0 Å². The fraction of sp³-hybridized carbons (Fsp3) is 0.615. The molecule has 0 amide bonds. The lowest BCUT2D eigenvalue weighted by molar-refractivity contribution is 0.0696. The second-order valence-electron chi connectivity index (χ2n) is 4.78. The first-order valence-electron chi connectivity index (χ1n) is 6.21. The monoisotopic (exact) mass is 237 g/mol. The van der Waals surface area contributed by atoms with Crippen LogP contribution in [0.2, 0.25) is 0 Å². The van der Waals surface area contributed by atoms with E-state index in [0.29, 0.717) is 12.6 Å². The topological polar surface area (TPSA) is 53.7 Å². The number of nitrogens with zero attached hydrogens (tertiary/aromatic N) is 1. The molecule has 1 aromatic heterocycles. The van der Waals surface area contributed by atoms with E-state index >= 15 is 0 Å². The molecule has 0 radical (unpaired) electrons. The van der Waals surface area contributed by atoms with E-state index in [1.54, 1.807) is 6.07 Å². The summed E-state index contributed by atoms with van der Waals surface area (Å²) < 4.78 is 5.30. The zero-order valence-corrected chi connectivity index (χ0v) is 10.2. The molecule has 2 heterocycles. The van der Waals surface area contributed by atoms with E-state index in [1.807, 2.05) is 0 Å². The molecule has 0 spiro atoms. The fourth-order valence-corrected chi connectivity index (χ4v) is 2.35. The Kier molecular flexibility index (Phi) is 3.84. The van der Waals surface area contributed by atoms with E-state index in [4.69, 9.17) is 9.52 Å². The van der Waals surface area contributed by atoms with Gasteiger partial charge in [-0.1, -0.05) is 12.8 Å². The number of carbonyl (C=O) groups is 1. The Morgan fingerprint density at radius 3 is 3.06 bits per heavy atom. The lowest BCUT2D eigenvalue weighted by Gasteiger charge is -2.25. The summed E-state index contributed by atoms with van der Waals surface area (Å²) in [6, 6.07) is 2.18. The average molecular weight is 237 g/mol. The lowest BCUT2D eigenvalue weighted by Crippen LogP contribution is -2.31. The first-order valence-corrected chi connectivity index (χ1v) is 6.21. The smallest absolute Gasteiger partial charge is 0.338 e. The summed E-state index contributed by atoms with van der Waals surface area (Å²) in [5.41, 5.74) is 0.238. The number of hydrogen-bond acceptors (Lipinski definition) is 3. The van der Waals surface area contributed by atoms with E-state index in [-0.39, 0.29) is 5.56 Å². The summed E-state index contributed by atoms with van der Waals surface area (Å²) in [5.74, 6) is -0.180. The highest BCUT2D eigenvalue weighted by molar-refractivity contribution is 5.87. The third kappa shape index (κ3) is 3.09. The van der Waals surface area contributed by atoms with Crippen molar-refractivity contribution in [1.29, 1.82) is 0 Å². The minimum absolute atomic E-state index is 0.238. The van der Waals surface area contributed by atoms with Gasteiger partial charge in [-0.25, -0.2) is 4.79 Å². The largest absolute Gasteiger partial charge is 0.478 e. The van der Waals surface area contributed by atoms with E-state index < -0.39 is 5.97 Å². The molecule has 2 rings (SSSR count). The molecule has 1 aliphatic rings. The molecule has 1 aromatic rings. The number of carboxylic acids is 1. The van der Waals surface area contributed by atoms with Gasteiger partial charge in [0.2, 0.25) is 0 Å². The molecule has 1 saturated heterocycles. The van der Waals surface area contributed by atoms with Crippen molar-refractivity contribution in [1.82, 2.24) is 4.90 Å². The van der Waals surface area contributed by atoms with Gasteiger partial charge in [0, 0.05) is 6.04 Å². The molecule has 0 bridgehead atoms. The van der Waals surface area contributed by atoms with Gasteiger partial charge < -0.3 is 9.52 Å². The Balaban J connectivity index is 2.00. The van der Waals surface area contributed by atoms with Crippen molar-refractivity contribution in [3.8, 4) is 0 Å². The Bertz CT molecular complexity index is 386. The minimum atomic E-state index is -0.927. The fourth-order valence-electron chi connectivity index (χ4n) is 2.35. The van der Waals surface area contributed by atoms with Gasteiger partial charge in [-0.05, 0) is 32.4 Å². The van der Waals surface area contributed by atoms with Crippen LogP contribution in [0.3, 0.4) is 0 Å². The van der Waals surface area contributed by atoms with E-state index in [0.717, 1.165) is 12.3 Å². The maximum atomic E-state index is 10.8. The highest BCUT2D eigenvalue weighted by Crippen LogP contribution is 2.19. The third-order valence-electron chi connectivity index (χ3n) is 3.45. The molecular weight excluding hydrogens is 218 g/mol. The number of hydrogen-bond donors (Lipinski definition) is 1. The van der Waals surface area contributed by atoms with Crippen molar-refractivity contribution in [3.63, 3.8) is 0 Å². The van der Waals surface area contributed by atoms with Gasteiger partial charge in [0.05, 0.1) is 12.1 Å². The van der Waals surface area contributed by atoms with E-state index in [2.05, 4.69) is 11.8 Å². The highest BCUT2D eigenvalue weighted by Gasteiger charge is 2.18. The lowest BCUT2D eigenvalue weighted by atomic mass is 10.1. The average Bonchev–Trinajstić information content (AvgIpc) is 2.66. The van der Waals surface area contributed by atoms with Crippen molar-refractivity contribution in [2.45, 2.75) is 45.2 Å². The number of likely N-dealkylation sites (tertiary alicyclic amines) is 1. The number of furan rings is 1. The van der Waals surface area contributed by atoms with Crippen LogP contribution in [0.15, 0.2) is 16.7 Å². The molecular formula is C13H19NO3. The number of rotatable bonds is 3. The Morgan fingerprint density at radius 1 is 1.53 bits per heavy atom. The standard InChI is InChI=1S/C13H19NO3/c1-10-5-3-2-4-6-14(10)8-12-7-11(9-17-12)13(15)16/h7,9-10H,2-6,8H2,1H3,(H,15,16). The Hall–Kier alpha value is -1.29. The maximum absolute atomic E-state index is 10.8. The van der Waals surface area contributed by atoms with Crippen LogP contribution in [0.25, 0.3) is 0 Å². The molecule has 1 aliphatic heterocycles. The second kappa shape index (κ2) is 5.36. The summed E-state index contributed by atoms with van der Waals surface area (Å²) >= 11 is 0. The van der Waals surface area contributed by atoms with Crippen LogP contribution in [-0.4, -0.2) is 28.6 Å². The van der Waals surface area contributed by atoms with Crippen LogP contribution < -0.4 is 0 Å². The molecule has 17 heavy (non-hydrogen) atoms. The second-order valence-corrected chi connectivity index (χ2v) is 4.78. The molecule has 0 aliphatic carbocycles. The van der Waals surface area contributed by atoms with Crippen LogP contribution in [0.4, 0.5) is 0 Å². The molecule has 94 valence electrons. The molecule has 1 unspecified atom stereocenters. The highest BCUT2D eigenvalue weighted by atomic mass is 16.4. The third-order valence-corrected chi connectivity index (χ3v) is 3.45. The SMILES string of the molecule is CC1CCCCCN1Cc1cc(C(=O)O)co1. The maximum Gasteiger partial charge on any atom is 0.338 e. The number of carboxylic acid groups (broad SMARTS) is 1. The first-order chi connectivity index (χ1) is 8.16. The van der Waals surface area contributed by atoms with Crippen molar-refractivity contribution < 1.29 is 14.3 Å². The van der Waals surface area contributed by atoms with Crippen molar-refractivity contribution in [2.24, 2.45) is 0 Å². The molecule has 1 N–H and O–H groups in total. The summed E-state index contributed by atoms with van der Waals surface area (Å²) in [6.45, 7) is 4.02. The van der Waals surface area contributed by atoms with Crippen molar-refractivity contribution >= 4 is 5.97 Å². The summed E-state index contributed by atoms with van der Waals surface area (Å²) in [4.78, 5) is 13.1. The van der Waals surface area contributed by atoms with Crippen molar-refractivity contribution in [2.75, 3.05) is 6.54 Å². The molecule has 1 atom stereocenters. The summed E-state index contributed by atoms with van der Waals surface area (Å²) in [7, 11) is 0. The molecule has 1 fully saturated rings. The van der Waals surface area contributed by atoms with Crippen LogP contribution in [0.5, 0.6) is 0 Å². The van der Waals surface area contributed by atoms with Gasteiger partial charge in [0.15, 0.2) is 0 Å². The zero-order chi connectivity index (χ0) is 12.3. The van der Waals surface area contributed by atoms with Gasteiger partial charge >= 0.3 is 5.97 Å². The summed E-state index contributed by atoms with van der Waals surface area (Å²) in [6.07, 6.45) is 6.33. The van der Waals surface area contributed by atoms with Crippen LogP contribution in [0.1, 0.15) is 48.7 Å². The van der Waals surface area contributed by atoms with E-state index in [1.165, 1.54) is 31.9 Å². The Labute approximate surface area is 101 Å². The van der Waals surface area contributed by atoms with Crippen LogP contribution in [-0.2, 0) is 6.54 Å². The van der Waals surface area contributed by atoms with E-state index in [9.17, 15) is 4.79 Å². The predicted molar refractivity (Wildman–Crippen MR) is 64.0 cm³/mol. The van der Waals surface area contributed by atoms with Gasteiger partial charge in [-0.3, -0.25) is 4.90 Å². The zero-order valence-electron chi connectivity index (χ0n) is 10.2. The van der Waals surface area contributed by atoms with Gasteiger partial charge in [-0.15, -0.1) is 0 Å². The quantitative estimate of drug-likeness (QED) is 0.878. The Morgan fingerprint density at radius 2 is 2.35 bits per heavy atom. The molecule has 0 aromatic carbocycles. The first kappa shape index (κ1) is 12.2. The van der Waals surface area contributed by atoms with Gasteiger partial charge in [0.1, 0.15) is 12.0 Å². The molecule has 4 heteroatoms. The normalized spacial score (nSPS) is 22.3. The van der Waals surface area contributed by atoms with Crippen LogP contribution >= 0.6 is 0 Å². The van der Waals surface area contributed by atoms with Gasteiger partial charge in [0.25, 0.3) is 0 Å². The molecule has 4 nitrogen and oxygen atoms in total. The number of aromatic carboxylic acids is 1. The van der Waals surface area contributed by atoms with Crippen molar-refractivity contribution in [3.05, 3.63) is 23.7 Å². The predicted octanol–water partition coefficient (Wildman–Crippen LogP) is 2.74. The minimum Gasteiger partial charge on any atom is -0.478 e. The van der Waals surface area contributed by atoms with Gasteiger partial charge in [-0.2, -0.15) is 0 Å². The molecule has 0 saturated carbocycles. The summed E-state index contributed by atoms with van der Waals surface area (Å²) in [5, 5.41) is 8.83.